The van der Waals surface area contributed by atoms with Crippen molar-refractivity contribution in [3.63, 3.8) is 0 Å². The zero-order valence-electron chi connectivity index (χ0n) is 9.82. The molecule has 0 aliphatic heterocycles. The lowest BCUT2D eigenvalue weighted by atomic mass is 10.2. The smallest absolute Gasteiger partial charge is 0.221 e. The fourth-order valence-electron chi connectivity index (χ4n) is 0.990. The maximum Gasteiger partial charge on any atom is 0.221 e. The summed E-state index contributed by atoms with van der Waals surface area (Å²) < 4.78 is 21.1. The lowest BCUT2D eigenvalue weighted by molar-refractivity contribution is -0.121. The van der Waals surface area contributed by atoms with Gasteiger partial charge in [0.2, 0.25) is 15.9 Å². The second-order valence-electron chi connectivity index (χ2n) is 3.74. The molecule has 0 rings (SSSR count). The van der Waals surface area contributed by atoms with Crippen LogP contribution in [0.4, 0.5) is 0 Å². The molecule has 0 aromatic carbocycles. The zero-order valence-corrected chi connectivity index (χ0v) is 10.6. The molecule has 1 amide bonds. The number of nitrogens with one attached hydrogen (secondary N) is 2. The minimum Gasteiger partial charge on any atom is -0.354 e. The zero-order chi connectivity index (χ0) is 12.6. The molecule has 0 heterocycles. The summed E-state index contributed by atoms with van der Waals surface area (Å²) in [6.45, 7) is 4.66. The first kappa shape index (κ1) is 15.3. The molecule has 0 aromatic heterocycles. The van der Waals surface area contributed by atoms with Gasteiger partial charge in [-0.05, 0) is 13.3 Å². The summed E-state index contributed by atoms with van der Waals surface area (Å²) in [6.07, 6.45) is 1.24. The Bertz CT molecular complexity index is 303. The molecule has 4 N–H and O–H groups in total. The largest absolute Gasteiger partial charge is 0.354 e. The van der Waals surface area contributed by atoms with Crippen LogP contribution in [0.5, 0.6) is 0 Å². The minimum atomic E-state index is -3.41. The molecule has 0 spiro atoms. The molecular weight excluding hydrogens is 230 g/mol. The SMILES string of the molecule is CCC(C)NC(=O)CCNCCS(N)(=O)=O. The Labute approximate surface area is 97.0 Å². The van der Waals surface area contributed by atoms with E-state index in [9.17, 15) is 13.2 Å². The highest BCUT2D eigenvalue weighted by molar-refractivity contribution is 7.89. The van der Waals surface area contributed by atoms with Crippen LogP contribution < -0.4 is 15.8 Å². The fourth-order valence-corrected chi connectivity index (χ4v) is 1.42. The first-order valence-corrected chi connectivity index (χ1v) is 7.07. The number of primary sulfonamides is 1. The Hall–Kier alpha value is -0.660. The highest BCUT2D eigenvalue weighted by Gasteiger charge is 2.05. The summed E-state index contributed by atoms with van der Waals surface area (Å²) in [5.74, 6) is -0.141. The van der Waals surface area contributed by atoms with Gasteiger partial charge in [-0.2, -0.15) is 0 Å². The van der Waals surface area contributed by atoms with E-state index in [2.05, 4.69) is 10.6 Å². The van der Waals surface area contributed by atoms with E-state index in [1.807, 2.05) is 13.8 Å². The summed E-state index contributed by atoms with van der Waals surface area (Å²) in [5, 5.41) is 10.5. The average Bonchev–Trinajstić information content (AvgIpc) is 2.15. The van der Waals surface area contributed by atoms with Gasteiger partial charge in [-0.3, -0.25) is 4.79 Å². The summed E-state index contributed by atoms with van der Waals surface area (Å²) >= 11 is 0. The van der Waals surface area contributed by atoms with E-state index in [4.69, 9.17) is 5.14 Å². The summed E-state index contributed by atoms with van der Waals surface area (Å²) in [4.78, 5) is 11.3. The highest BCUT2D eigenvalue weighted by Crippen LogP contribution is 1.88. The van der Waals surface area contributed by atoms with Gasteiger partial charge in [-0.25, -0.2) is 13.6 Å². The van der Waals surface area contributed by atoms with Crippen molar-refractivity contribution in [2.45, 2.75) is 32.7 Å². The number of carbonyl (C=O) groups excluding carboxylic acids is 1. The molecule has 0 saturated carbocycles. The van der Waals surface area contributed by atoms with Crippen molar-refractivity contribution in [2.75, 3.05) is 18.8 Å². The van der Waals surface area contributed by atoms with E-state index < -0.39 is 10.0 Å². The van der Waals surface area contributed by atoms with E-state index in [0.717, 1.165) is 6.42 Å². The molecule has 7 heteroatoms. The van der Waals surface area contributed by atoms with Crippen LogP contribution in [-0.4, -0.2) is 39.2 Å². The van der Waals surface area contributed by atoms with Gasteiger partial charge in [0.05, 0.1) is 5.75 Å². The molecule has 0 aromatic rings. The van der Waals surface area contributed by atoms with Gasteiger partial charge in [-0.15, -0.1) is 0 Å². The molecule has 0 radical (unpaired) electrons. The molecule has 6 nitrogen and oxygen atoms in total. The van der Waals surface area contributed by atoms with Crippen molar-refractivity contribution < 1.29 is 13.2 Å². The molecule has 0 aliphatic rings. The molecule has 0 fully saturated rings. The van der Waals surface area contributed by atoms with Gasteiger partial charge < -0.3 is 10.6 Å². The standard InChI is InChI=1S/C9H21N3O3S/c1-3-8(2)12-9(13)4-5-11-6-7-16(10,14)15/h8,11H,3-7H2,1-2H3,(H,12,13)(H2,10,14,15). The molecule has 16 heavy (non-hydrogen) atoms. The van der Waals surface area contributed by atoms with Crippen LogP contribution in [-0.2, 0) is 14.8 Å². The maximum atomic E-state index is 11.3. The van der Waals surface area contributed by atoms with Crippen molar-refractivity contribution in [2.24, 2.45) is 5.14 Å². The summed E-state index contributed by atoms with van der Waals surface area (Å²) in [5.41, 5.74) is 0. The van der Waals surface area contributed by atoms with Gasteiger partial charge in [0.15, 0.2) is 0 Å². The lowest BCUT2D eigenvalue weighted by Gasteiger charge is -2.11. The number of amides is 1. The van der Waals surface area contributed by atoms with Crippen molar-refractivity contribution in [3.05, 3.63) is 0 Å². The van der Waals surface area contributed by atoms with Crippen LogP contribution in [0.1, 0.15) is 26.7 Å². The molecule has 96 valence electrons. The Balaban J connectivity index is 3.49. The summed E-state index contributed by atoms with van der Waals surface area (Å²) in [7, 11) is -3.41. The van der Waals surface area contributed by atoms with Gasteiger partial charge >= 0.3 is 0 Å². The topological polar surface area (TPSA) is 101 Å². The van der Waals surface area contributed by atoms with E-state index in [0.29, 0.717) is 13.0 Å². The van der Waals surface area contributed by atoms with E-state index in [1.54, 1.807) is 0 Å². The predicted octanol–water partition coefficient (Wildman–Crippen LogP) is -0.831. The number of nitrogens with two attached hydrogens (primary N) is 1. The van der Waals surface area contributed by atoms with Crippen LogP contribution in [0.25, 0.3) is 0 Å². The van der Waals surface area contributed by atoms with Crippen LogP contribution >= 0.6 is 0 Å². The van der Waals surface area contributed by atoms with Crippen LogP contribution in [0, 0.1) is 0 Å². The predicted molar refractivity (Wildman–Crippen MR) is 63.4 cm³/mol. The van der Waals surface area contributed by atoms with E-state index in [-0.39, 0.29) is 24.2 Å². The minimum absolute atomic E-state index is 0.0301. The Kier molecular flexibility index (Phi) is 7.27. The quantitative estimate of drug-likeness (QED) is 0.490. The maximum absolute atomic E-state index is 11.3. The molecule has 1 atom stereocenters. The van der Waals surface area contributed by atoms with Crippen LogP contribution in [0.15, 0.2) is 0 Å². The molecule has 0 bridgehead atoms. The van der Waals surface area contributed by atoms with Gasteiger partial charge in [0.25, 0.3) is 0 Å². The average molecular weight is 251 g/mol. The monoisotopic (exact) mass is 251 g/mol. The third kappa shape index (κ3) is 9.88. The fraction of sp³-hybridized carbons (Fsp3) is 0.889. The van der Waals surface area contributed by atoms with Crippen molar-refractivity contribution in [1.82, 2.24) is 10.6 Å². The lowest BCUT2D eigenvalue weighted by Crippen LogP contribution is -2.35. The number of sulfonamides is 1. The number of hydrogen-bond acceptors (Lipinski definition) is 4. The normalized spacial score (nSPS) is 13.4. The van der Waals surface area contributed by atoms with E-state index >= 15 is 0 Å². The number of rotatable bonds is 8. The Morgan fingerprint density at radius 2 is 2.00 bits per heavy atom. The first-order valence-electron chi connectivity index (χ1n) is 5.35. The molecule has 0 aliphatic carbocycles. The number of carbonyl (C=O) groups is 1. The molecule has 1 unspecified atom stereocenters. The van der Waals surface area contributed by atoms with Gasteiger partial charge in [0.1, 0.15) is 0 Å². The second-order valence-corrected chi connectivity index (χ2v) is 5.48. The second kappa shape index (κ2) is 7.59. The number of hydrogen-bond donors (Lipinski definition) is 3. The molecular formula is C9H21N3O3S. The Morgan fingerprint density at radius 3 is 2.50 bits per heavy atom. The Morgan fingerprint density at radius 1 is 1.38 bits per heavy atom. The van der Waals surface area contributed by atoms with Gasteiger partial charge in [0, 0.05) is 25.6 Å². The van der Waals surface area contributed by atoms with Gasteiger partial charge in [-0.1, -0.05) is 6.92 Å². The first-order chi connectivity index (χ1) is 7.35. The van der Waals surface area contributed by atoms with Crippen molar-refractivity contribution in [1.29, 1.82) is 0 Å². The summed E-state index contributed by atoms with van der Waals surface area (Å²) in [6, 6.07) is 0.178. The van der Waals surface area contributed by atoms with Crippen molar-refractivity contribution >= 4 is 15.9 Å². The highest BCUT2D eigenvalue weighted by atomic mass is 32.2. The third-order valence-corrected chi connectivity index (χ3v) is 2.89. The molecule has 0 saturated heterocycles. The van der Waals surface area contributed by atoms with E-state index in [1.165, 1.54) is 0 Å². The van der Waals surface area contributed by atoms with Crippen LogP contribution in [0.3, 0.4) is 0 Å². The third-order valence-electron chi connectivity index (χ3n) is 2.11. The van der Waals surface area contributed by atoms with Crippen LogP contribution in [0.2, 0.25) is 0 Å². The van der Waals surface area contributed by atoms with Crippen molar-refractivity contribution in [3.8, 4) is 0 Å².